The summed E-state index contributed by atoms with van der Waals surface area (Å²) in [6, 6.07) is 0. The second-order valence-corrected chi connectivity index (χ2v) is 7.27. The summed E-state index contributed by atoms with van der Waals surface area (Å²) in [6.07, 6.45) is 0.942. The number of aryl methyl sites for hydroxylation is 2. The standard InChI is InChI=1S/C14H24ClNO3S/c1-6-10(3)9-16(7-2)20(17,18)14-12(5)19-11(4)13(14)8-15/h10H,6-9H2,1-5H3. The van der Waals surface area contributed by atoms with Gasteiger partial charge in [-0.1, -0.05) is 27.2 Å². The van der Waals surface area contributed by atoms with Crippen LogP contribution in [0.1, 0.15) is 44.3 Å². The van der Waals surface area contributed by atoms with Gasteiger partial charge in [0.2, 0.25) is 10.0 Å². The van der Waals surface area contributed by atoms with Crippen LogP contribution < -0.4 is 0 Å². The van der Waals surface area contributed by atoms with E-state index in [0.717, 1.165) is 6.42 Å². The van der Waals surface area contributed by atoms with Crippen molar-refractivity contribution in [2.24, 2.45) is 5.92 Å². The van der Waals surface area contributed by atoms with Crippen LogP contribution >= 0.6 is 11.6 Å². The molecule has 0 aliphatic heterocycles. The normalized spacial score (nSPS) is 13.9. The molecule has 20 heavy (non-hydrogen) atoms. The summed E-state index contributed by atoms with van der Waals surface area (Å²) in [4.78, 5) is 0.246. The third-order valence-corrected chi connectivity index (χ3v) is 6.03. The zero-order chi connectivity index (χ0) is 15.5. The fraction of sp³-hybridized carbons (Fsp3) is 0.714. The van der Waals surface area contributed by atoms with Crippen molar-refractivity contribution in [2.45, 2.75) is 51.8 Å². The average molecular weight is 322 g/mol. The van der Waals surface area contributed by atoms with Gasteiger partial charge in [-0.2, -0.15) is 4.31 Å². The van der Waals surface area contributed by atoms with Crippen LogP contribution in [0.25, 0.3) is 0 Å². The minimum absolute atomic E-state index is 0.138. The van der Waals surface area contributed by atoms with Gasteiger partial charge >= 0.3 is 0 Å². The van der Waals surface area contributed by atoms with Gasteiger partial charge in [0.25, 0.3) is 0 Å². The van der Waals surface area contributed by atoms with Gasteiger partial charge in [0.15, 0.2) is 0 Å². The van der Waals surface area contributed by atoms with Crippen LogP contribution in [0.2, 0.25) is 0 Å². The third kappa shape index (κ3) is 3.38. The van der Waals surface area contributed by atoms with E-state index in [4.69, 9.17) is 16.0 Å². The number of alkyl halides is 1. The Morgan fingerprint density at radius 2 is 1.85 bits per heavy atom. The van der Waals surface area contributed by atoms with Crippen LogP contribution in [0, 0.1) is 19.8 Å². The molecule has 116 valence electrons. The Morgan fingerprint density at radius 1 is 1.25 bits per heavy atom. The van der Waals surface area contributed by atoms with Crippen LogP contribution in [0.5, 0.6) is 0 Å². The molecular weight excluding hydrogens is 298 g/mol. The van der Waals surface area contributed by atoms with Crippen molar-refractivity contribution in [1.29, 1.82) is 0 Å². The van der Waals surface area contributed by atoms with Crippen LogP contribution in [0.15, 0.2) is 9.31 Å². The van der Waals surface area contributed by atoms with Crippen LogP contribution in [-0.4, -0.2) is 25.8 Å². The third-order valence-electron chi connectivity index (χ3n) is 3.62. The molecule has 0 spiro atoms. The van der Waals surface area contributed by atoms with Crippen molar-refractivity contribution in [3.8, 4) is 0 Å². The molecule has 0 radical (unpaired) electrons. The van der Waals surface area contributed by atoms with Gasteiger partial charge in [0.1, 0.15) is 16.4 Å². The van der Waals surface area contributed by atoms with E-state index < -0.39 is 10.0 Å². The summed E-state index contributed by atoms with van der Waals surface area (Å²) in [7, 11) is -3.55. The Bertz CT molecular complexity index is 551. The number of sulfonamides is 1. The van der Waals surface area contributed by atoms with Gasteiger partial charge in [-0.25, -0.2) is 8.42 Å². The van der Waals surface area contributed by atoms with Gasteiger partial charge < -0.3 is 4.42 Å². The molecule has 1 unspecified atom stereocenters. The summed E-state index contributed by atoms with van der Waals surface area (Å²) in [5.41, 5.74) is 0.576. The number of rotatable bonds is 7. The van der Waals surface area contributed by atoms with E-state index in [2.05, 4.69) is 6.92 Å². The Balaban J connectivity index is 3.27. The summed E-state index contributed by atoms with van der Waals surface area (Å²) in [5.74, 6) is 1.45. The van der Waals surface area contributed by atoms with Gasteiger partial charge in [-0.15, -0.1) is 11.6 Å². The molecule has 0 saturated heterocycles. The molecular formula is C14H24ClNO3S. The molecule has 0 fully saturated rings. The highest BCUT2D eigenvalue weighted by molar-refractivity contribution is 7.89. The zero-order valence-electron chi connectivity index (χ0n) is 12.9. The first-order chi connectivity index (χ1) is 9.29. The topological polar surface area (TPSA) is 50.5 Å². The zero-order valence-corrected chi connectivity index (χ0v) is 14.4. The highest BCUT2D eigenvalue weighted by atomic mass is 35.5. The lowest BCUT2D eigenvalue weighted by Gasteiger charge is -2.23. The van der Waals surface area contributed by atoms with Crippen LogP contribution in [-0.2, 0) is 15.9 Å². The molecule has 0 saturated carbocycles. The number of halogens is 1. The Morgan fingerprint density at radius 3 is 2.30 bits per heavy atom. The molecule has 1 heterocycles. The van der Waals surface area contributed by atoms with Crippen molar-refractivity contribution in [3.63, 3.8) is 0 Å². The van der Waals surface area contributed by atoms with Gasteiger partial charge in [-0.05, 0) is 19.8 Å². The predicted molar refractivity (Wildman–Crippen MR) is 81.6 cm³/mol. The highest BCUT2D eigenvalue weighted by Crippen LogP contribution is 2.30. The lowest BCUT2D eigenvalue weighted by molar-refractivity contribution is 0.360. The maximum atomic E-state index is 12.8. The fourth-order valence-electron chi connectivity index (χ4n) is 2.21. The molecule has 1 atom stereocenters. The molecule has 4 nitrogen and oxygen atoms in total. The largest absolute Gasteiger partial charge is 0.465 e. The summed E-state index contributed by atoms with van der Waals surface area (Å²) in [5, 5.41) is 0. The van der Waals surface area contributed by atoms with E-state index in [1.807, 2.05) is 13.8 Å². The number of nitrogens with zero attached hydrogens (tertiary/aromatic N) is 1. The smallest absolute Gasteiger partial charge is 0.246 e. The van der Waals surface area contributed by atoms with Crippen molar-refractivity contribution >= 4 is 21.6 Å². The predicted octanol–water partition coefficient (Wildman–Crippen LogP) is 3.69. The van der Waals surface area contributed by atoms with E-state index in [0.29, 0.717) is 36.1 Å². The molecule has 1 rings (SSSR count). The van der Waals surface area contributed by atoms with E-state index in [-0.39, 0.29) is 10.8 Å². The van der Waals surface area contributed by atoms with Crippen LogP contribution in [0.3, 0.4) is 0 Å². The SMILES string of the molecule is CCC(C)CN(CC)S(=O)(=O)c1c(C)oc(C)c1CCl. The van der Waals surface area contributed by atoms with Crippen molar-refractivity contribution in [2.75, 3.05) is 13.1 Å². The number of furan rings is 1. The number of hydrogen-bond acceptors (Lipinski definition) is 3. The second-order valence-electron chi connectivity index (χ2n) is 5.12. The van der Waals surface area contributed by atoms with Crippen molar-refractivity contribution < 1.29 is 12.8 Å². The number of hydrogen-bond donors (Lipinski definition) is 0. The van der Waals surface area contributed by atoms with E-state index in [1.54, 1.807) is 13.8 Å². The van der Waals surface area contributed by atoms with Gasteiger partial charge in [0, 0.05) is 18.7 Å². The van der Waals surface area contributed by atoms with E-state index >= 15 is 0 Å². The second kappa shape index (κ2) is 6.96. The first-order valence-electron chi connectivity index (χ1n) is 6.94. The van der Waals surface area contributed by atoms with Crippen molar-refractivity contribution in [3.05, 3.63) is 17.1 Å². The molecule has 0 bridgehead atoms. The quantitative estimate of drug-likeness (QED) is 0.720. The Kier molecular flexibility index (Phi) is 6.10. The molecule has 0 aliphatic carbocycles. The lowest BCUT2D eigenvalue weighted by atomic mass is 10.1. The summed E-state index contributed by atoms with van der Waals surface area (Å²) in [6.45, 7) is 10.3. The molecule has 0 N–H and O–H groups in total. The fourth-order valence-corrected chi connectivity index (χ4v) is 4.59. The first-order valence-corrected chi connectivity index (χ1v) is 8.91. The minimum Gasteiger partial charge on any atom is -0.465 e. The molecule has 0 aliphatic rings. The maximum absolute atomic E-state index is 12.8. The monoisotopic (exact) mass is 321 g/mol. The van der Waals surface area contributed by atoms with Crippen molar-refractivity contribution in [1.82, 2.24) is 4.31 Å². The summed E-state index contributed by atoms with van der Waals surface area (Å²) >= 11 is 5.89. The Labute approximate surface area is 127 Å². The molecule has 0 aromatic carbocycles. The van der Waals surface area contributed by atoms with Gasteiger partial charge in [0.05, 0.1) is 5.88 Å². The van der Waals surface area contributed by atoms with Gasteiger partial charge in [-0.3, -0.25) is 0 Å². The molecule has 1 aromatic heterocycles. The first kappa shape index (κ1) is 17.5. The molecule has 0 amide bonds. The van der Waals surface area contributed by atoms with E-state index in [1.165, 1.54) is 4.31 Å². The molecule has 1 aromatic rings. The highest BCUT2D eigenvalue weighted by Gasteiger charge is 2.31. The Hall–Kier alpha value is -0.520. The summed E-state index contributed by atoms with van der Waals surface area (Å²) < 4.78 is 32.6. The maximum Gasteiger partial charge on any atom is 0.246 e. The minimum atomic E-state index is -3.55. The lowest BCUT2D eigenvalue weighted by Crippen LogP contribution is -2.35. The van der Waals surface area contributed by atoms with Crippen LogP contribution in [0.4, 0.5) is 0 Å². The van der Waals surface area contributed by atoms with E-state index in [9.17, 15) is 8.42 Å². The average Bonchev–Trinajstić information content (AvgIpc) is 2.69. The molecule has 6 heteroatoms.